The summed E-state index contributed by atoms with van der Waals surface area (Å²) in [6, 6.07) is 5.11. The van der Waals surface area contributed by atoms with E-state index in [2.05, 4.69) is 10.3 Å². The van der Waals surface area contributed by atoms with Gasteiger partial charge in [0.25, 0.3) is 0 Å². The molecule has 1 amide bonds. The average Bonchev–Trinajstić information content (AvgIpc) is 3.02. The lowest BCUT2D eigenvalue weighted by molar-refractivity contribution is -0.313. The molecule has 0 unspecified atom stereocenters. The van der Waals surface area contributed by atoms with Crippen molar-refractivity contribution in [3.8, 4) is 11.3 Å². The third-order valence-corrected chi connectivity index (χ3v) is 5.65. The van der Waals surface area contributed by atoms with Crippen LogP contribution in [0.3, 0.4) is 0 Å². The first-order chi connectivity index (χ1) is 12.0. The molecule has 8 heteroatoms. The number of aromatic nitrogens is 1. The van der Waals surface area contributed by atoms with E-state index in [-0.39, 0.29) is 5.91 Å². The molecule has 132 valence electrons. The maximum Gasteiger partial charge on any atom is 0.229 e. The van der Waals surface area contributed by atoms with Crippen molar-refractivity contribution in [3.63, 3.8) is 0 Å². The molecule has 0 bridgehead atoms. The highest BCUT2D eigenvalue weighted by atomic mass is 35.5. The minimum atomic E-state index is -1.16. The summed E-state index contributed by atoms with van der Waals surface area (Å²) in [5.41, 5.74) is 1.34. The number of carboxylic acid groups (broad SMARTS) is 1. The number of carbonyl (C=O) groups is 2. The van der Waals surface area contributed by atoms with Crippen LogP contribution in [0.25, 0.3) is 11.3 Å². The Morgan fingerprint density at radius 1 is 1.20 bits per heavy atom. The van der Waals surface area contributed by atoms with E-state index >= 15 is 0 Å². The molecule has 5 nitrogen and oxygen atoms in total. The van der Waals surface area contributed by atoms with Crippen molar-refractivity contribution in [2.75, 3.05) is 5.32 Å². The second-order valence-corrected chi connectivity index (χ2v) is 7.67. The summed E-state index contributed by atoms with van der Waals surface area (Å²) in [6.45, 7) is 0. The van der Waals surface area contributed by atoms with Crippen LogP contribution in [0.1, 0.15) is 25.7 Å². The molecule has 1 heterocycles. The topological polar surface area (TPSA) is 82.1 Å². The SMILES string of the molecule is O=C(Nc1nc(-c2ccc(Cl)cc2Cl)cs1)[C@H]1CCCC[C@H]1C(=O)[O-]. The summed E-state index contributed by atoms with van der Waals surface area (Å²) in [5.74, 6) is -2.80. The third-order valence-electron chi connectivity index (χ3n) is 4.35. The van der Waals surface area contributed by atoms with E-state index in [0.717, 1.165) is 12.8 Å². The van der Waals surface area contributed by atoms with Crippen molar-refractivity contribution in [2.24, 2.45) is 11.8 Å². The highest BCUT2D eigenvalue weighted by Crippen LogP contribution is 2.34. The van der Waals surface area contributed by atoms with Crippen LogP contribution >= 0.6 is 34.5 Å². The first-order valence-corrected chi connectivity index (χ1v) is 9.52. The Balaban J connectivity index is 1.74. The Labute approximate surface area is 159 Å². The fourth-order valence-corrected chi connectivity index (χ4v) is 4.30. The molecule has 1 aromatic carbocycles. The highest BCUT2D eigenvalue weighted by molar-refractivity contribution is 7.14. The Bertz CT molecular complexity index is 809. The Hall–Kier alpha value is -1.63. The van der Waals surface area contributed by atoms with E-state index in [4.69, 9.17) is 23.2 Å². The molecular formula is C17H15Cl2N2O3S-. The summed E-state index contributed by atoms with van der Waals surface area (Å²) >= 11 is 13.3. The van der Waals surface area contributed by atoms with Crippen LogP contribution in [0.15, 0.2) is 23.6 Å². The normalized spacial score (nSPS) is 20.2. The van der Waals surface area contributed by atoms with Crippen LogP contribution < -0.4 is 10.4 Å². The summed E-state index contributed by atoms with van der Waals surface area (Å²) in [4.78, 5) is 28.1. The molecule has 0 saturated heterocycles. The van der Waals surface area contributed by atoms with E-state index in [1.807, 2.05) is 0 Å². The fraction of sp³-hybridized carbons (Fsp3) is 0.353. The molecule has 25 heavy (non-hydrogen) atoms. The predicted molar refractivity (Wildman–Crippen MR) is 96.7 cm³/mol. The van der Waals surface area contributed by atoms with Gasteiger partial charge in [-0.15, -0.1) is 11.3 Å². The highest BCUT2D eigenvalue weighted by Gasteiger charge is 2.32. The number of hydrogen-bond donors (Lipinski definition) is 1. The number of hydrogen-bond acceptors (Lipinski definition) is 5. The van der Waals surface area contributed by atoms with Gasteiger partial charge >= 0.3 is 0 Å². The van der Waals surface area contributed by atoms with Crippen molar-refractivity contribution in [2.45, 2.75) is 25.7 Å². The zero-order valence-electron chi connectivity index (χ0n) is 13.1. The van der Waals surface area contributed by atoms with Gasteiger partial charge in [0, 0.05) is 33.8 Å². The fourth-order valence-electron chi connectivity index (χ4n) is 3.08. The molecule has 3 rings (SSSR count). The van der Waals surface area contributed by atoms with Crippen LogP contribution in [0, 0.1) is 11.8 Å². The number of benzene rings is 1. The number of thiazole rings is 1. The average molecular weight is 398 g/mol. The number of nitrogens with one attached hydrogen (secondary N) is 1. The Kier molecular flexibility index (Phi) is 5.61. The van der Waals surface area contributed by atoms with Gasteiger partial charge in [-0.3, -0.25) is 4.79 Å². The van der Waals surface area contributed by atoms with E-state index in [1.54, 1.807) is 23.6 Å². The van der Waals surface area contributed by atoms with Gasteiger partial charge in [-0.1, -0.05) is 36.0 Å². The number of rotatable bonds is 4. The van der Waals surface area contributed by atoms with Gasteiger partial charge in [-0.05, 0) is 31.0 Å². The van der Waals surface area contributed by atoms with E-state index in [0.29, 0.717) is 39.3 Å². The van der Waals surface area contributed by atoms with Crippen molar-refractivity contribution in [1.82, 2.24) is 4.98 Å². The van der Waals surface area contributed by atoms with Gasteiger partial charge in [-0.25, -0.2) is 4.98 Å². The molecule has 1 aliphatic rings. The van der Waals surface area contributed by atoms with Gasteiger partial charge in [0.1, 0.15) is 0 Å². The quantitative estimate of drug-likeness (QED) is 0.853. The van der Waals surface area contributed by atoms with Crippen molar-refractivity contribution in [3.05, 3.63) is 33.6 Å². The molecule has 0 aliphatic heterocycles. The molecule has 1 N–H and O–H groups in total. The van der Waals surface area contributed by atoms with Crippen molar-refractivity contribution < 1.29 is 14.7 Å². The number of anilines is 1. The summed E-state index contributed by atoms with van der Waals surface area (Å²) in [6.07, 6.45) is 2.67. The zero-order valence-corrected chi connectivity index (χ0v) is 15.5. The second-order valence-electron chi connectivity index (χ2n) is 5.97. The van der Waals surface area contributed by atoms with Crippen LogP contribution in [0.4, 0.5) is 5.13 Å². The standard InChI is InChI=1S/C17H16Cl2N2O3S/c18-9-5-6-12(13(19)7-9)14-8-25-17(20-14)21-15(22)10-3-1-2-4-11(10)16(23)24/h5-8,10-11H,1-4H2,(H,23,24)(H,20,21,22)/p-1/t10-,11+/m0/s1. The molecule has 1 saturated carbocycles. The number of aliphatic carboxylic acids is 1. The molecule has 1 fully saturated rings. The zero-order chi connectivity index (χ0) is 18.0. The maximum atomic E-state index is 12.5. The third kappa shape index (κ3) is 4.14. The molecule has 0 radical (unpaired) electrons. The molecule has 2 aromatic rings. The maximum absolute atomic E-state index is 12.5. The number of carboxylic acids is 1. The molecule has 1 aromatic heterocycles. The minimum absolute atomic E-state index is 0.322. The van der Waals surface area contributed by atoms with Crippen molar-refractivity contribution >= 4 is 51.5 Å². The van der Waals surface area contributed by atoms with Gasteiger partial charge < -0.3 is 15.2 Å². The largest absolute Gasteiger partial charge is 0.550 e. The Morgan fingerprint density at radius 2 is 1.92 bits per heavy atom. The summed E-state index contributed by atoms with van der Waals surface area (Å²) in [5, 5.41) is 17.2. The van der Waals surface area contributed by atoms with Crippen LogP contribution in [-0.4, -0.2) is 16.9 Å². The predicted octanol–water partition coefficient (Wildman–Crippen LogP) is 3.61. The summed E-state index contributed by atoms with van der Waals surface area (Å²) < 4.78 is 0. The van der Waals surface area contributed by atoms with Gasteiger partial charge in [-0.2, -0.15) is 0 Å². The van der Waals surface area contributed by atoms with E-state index < -0.39 is 17.8 Å². The molecular weight excluding hydrogens is 383 g/mol. The van der Waals surface area contributed by atoms with Crippen LogP contribution in [-0.2, 0) is 9.59 Å². The van der Waals surface area contributed by atoms with Crippen LogP contribution in [0.2, 0.25) is 10.0 Å². The monoisotopic (exact) mass is 397 g/mol. The number of nitrogens with zero attached hydrogens (tertiary/aromatic N) is 1. The Morgan fingerprint density at radius 3 is 2.60 bits per heavy atom. The first-order valence-electron chi connectivity index (χ1n) is 7.88. The number of halogens is 2. The smallest absolute Gasteiger partial charge is 0.229 e. The van der Waals surface area contributed by atoms with E-state index in [1.165, 1.54) is 11.3 Å². The van der Waals surface area contributed by atoms with Gasteiger partial charge in [0.2, 0.25) is 5.91 Å². The molecule has 2 atom stereocenters. The number of amides is 1. The lowest BCUT2D eigenvalue weighted by Crippen LogP contribution is -2.42. The van der Waals surface area contributed by atoms with Gasteiger partial charge in [0.05, 0.1) is 10.7 Å². The van der Waals surface area contributed by atoms with Gasteiger partial charge in [0.15, 0.2) is 5.13 Å². The minimum Gasteiger partial charge on any atom is -0.550 e. The van der Waals surface area contributed by atoms with Crippen molar-refractivity contribution in [1.29, 1.82) is 0 Å². The molecule has 1 aliphatic carbocycles. The summed E-state index contributed by atoms with van der Waals surface area (Å²) in [7, 11) is 0. The van der Waals surface area contributed by atoms with E-state index in [9.17, 15) is 14.7 Å². The second kappa shape index (κ2) is 7.72. The molecule has 0 spiro atoms. The number of carbonyl (C=O) groups excluding carboxylic acids is 2. The lowest BCUT2D eigenvalue weighted by Gasteiger charge is -2.30. The van der Waals surface area contributed by atoms with Crippen LogP contribution in [0.5, 0.6) is 0 Å². The lowest BCUT2D eigenvalue weighted by atomic mass is 9.79. The first kappa shape index (κ1) is 18.2.